The van der Waals surface area contributed by atoms with Gasteiger partial charge in [-0.1, -0.05) is 0 Å². The van der Waals surface area contributed by atoms with E-state index in [0.29, 0.717) is 0 Å². The van der Waals surface area contributed by atoms with E-state index in [-0.39, 0.29) is 0 Å². The van der Waals surface area contributed by atoms with Crippen LogP contribution in [0.3, 0.4) is 0 Å². The third kappa shape index (κ3) is 3.15. The molecular formula is C13HF11OS. The first kappa shape index (κ1) is 20.1. The largest absolute Gasteiger partial charge is 0.573 e. The Bertz CT molecular complexity index is 848. The third-order valence-electron chi connectivity index (χ3n) is 2.93. The molecule has 0 aliphatic carbocycles. The van der Waals surface area contributed by atoms with Gasteiger partial charge < -0.3 is 4.74 Å². The number of thiol groups is 1. The fourth-order valence-corrected chi connectivity index (χ4v) is 2.07. The van der Waals surface area contributed by atoms with E-state index in [1.54, 1.807) is 0 Å². The van der Waals surface area contributed by atoms with Gasteiger partial charge in [0.25, 0.3) is 0 Å². The first-order chi connectivity index (χ1) is 11.8. The molecule has 142 valence electrons. The standard InChI is InChI=1S/C13HF11OS/c14-3-1(2-5(16)9(20)12(26)10(21)6(2)17)4(15)8(19)11(7(3)18)25-13(22,23)24/h26H. The SMILES string of the molecule is Fc1c(F)c(-c2c(F)c(F)c(OC(F)(F)F)c(F)c2F)c(F)c(F)c1S. The van der Waals surface area contributed by atoms with Crippen molar-refractivity contribution >= 4 is 12.6 Å². The average Bonchev–Trinajstić information content (AvgIpc) is 2.55. The Labute approximate surface area is 141 Å². The molecule has 0 aromatic heterocycles. The lowest BCUT2D eigenvalue weighted by Gasteiger charge is -2.15. The van der Waals surface area contributed by atoms with Gasteiger partial charge in [-0.05, 0) is 0 Å². The monoisotopic (exact) mass is 414 g/mol. The van der Waals surface area contributed by atoms with E-state index < -0.39 is 74.7 Å². The predicted molar refractivity (Wildman–Crippen MR) is 65.5 cm³/mol. The first-order valence-corrected chi connectivity index (χ1v) is 6.41. The minimum Gasteiger partial charge on any atom is -0.399 e. The summed E-state index contributed by atoms with van der Waals surface area (Å²) >= 11 is 3.06. The number of benzene rings is 2. The molecule has 0 saturated heterocycles. The Balaban J connectivity index is 2.91. The van der Waals surface area contributed by atoms with E-state index in [1.165, 1.54) is 0 Å². The van der Waals surface area contributed by atoms with Gasteiger partial charge in [-0.2, -0.15) is 8.78 Å². The molecule has 0 spiro atoms. The lowest BCUT2D eigenvalue weighted by molar-refractivity contribution is -0.276. The van der Waals surface area contributed by atoms with Crippen LogP contribution in [0, 0.1) is 46.5 Å². The zero-order valence-electron chi connectivity index (χ0n) is 11.5. The van der Waals surface area contributed by atoms with Gasteiger partial charge in [0, 0.05) is 0 Å². The fourth-order valence-electron chi connectivity index (χ4n) is 1.88. The summed E-state index contributed by atoms with van der Waals surface area (Å²) in [6.07, 6.45) is -5.79. The number of ether oxygens (including phenoxy) is 1. The zero-order valence-corrected chi connectivity index (χ0v) is 12.4. The molecule has 2 rings (SSSR count). The Morgan fingerprint density at radius 3 is 1.15 bits per heavy atom. The summed E-state index contributed by atoms with van der Waals surface area (Å²) in [5, 5.41) is 0. The van der Waals surface area contributed by atoms with Crippen LogP contribution in [0.1, 0.15) is 0 Å². The highest BCUT2D eigenvalue weighted by Crippen LogP contribution is 2.41. The maximum Gasteiger partial charge on any atom is 0.573 e. The summed E-state index contributed by atoms with van der Waals surface area (Å²) in [6, 6.07) is 0. The number of alkyl halides is 3. The normalized spacial score (nSPS) is 11.8. The summed E-state index contributed by atoms with van der Waals surface area (Å²) in [4.78, 5) is -1.55. The molecule has 0 amide bonds. The lowest BCUT2D eigenvalue weighted by atomic mass is 10.0. The van der Waals surface area contributed by atoms with Crippen LogP contribution < -0.4 is 4.74 Å². The van der Waals surface area contributed by atoms with Crippen molar-refractivity contribution in [2.75, 3.05) is 0 Å². The second-order valence-corrected chi connectivity index (χ2v) is 4.93. The lowest BCUT2D eigenvalue weighted by Crippen LogP contribution is -2.20. The Morgan fingerprint density at radius 1 is 0.538 bits per heavy atom. The quantitative estimate of drug-likeness (QED) is 0.380. The van der Waals surface area contributed by atoms with Crippen molar-refractivity contribution in [1.29, 1.82) is 0 Å². The highest BCUT2D eigenvalue weighted by Gasteiger charge is 2.39. The van der Waals surface area contributed by atoms with Crippen molar-refractivity contribution in [3.63, 3.8) is 0 Å². The van der Waals surface area contributed by atoms with Crippen LogP contribution in [0.25, 0.3) is 11.1 Å². The van der Waals surface area contributed by atoms with Crippen LogP contribution in [-0.4, -0.2) is 6.36 Å². The molecule has 0 aliphatic rings. The molecular weight excluding hydrogens is 413 g/mol. The van der Waals surface area contributed by atoms with Gasteiger partial charge in [0.2, 0.25) is 17.4 Å². The second-order valence-electron chi connectivity index (χ2n) is 4.49. The smallest absolute Gasteiger partial charge is 0.399 e. The maximum absolute atomic E-state index is 13.9. The van der Waals surface area contributed by atoms with Crippen molar-refractivity contribution in [1.82, 2.24) is 0 Å². The first-order valence-electron chi connectivity index (χ1n) is 5.96. The summed E-state index contributed by atoms with van der Waals surface area (Å²) in [7, 11) is 0. The molecule has 0 bridgehead atoms. The molecule has 0 fully saturated rings. The van der Waals surface area contributed by atoms with Crippen molar-refractivity contribution in [2.45, 2.75) is 11.3 Å². The molecule has 2 aromatic carbocycles. The van der Waals surface area contributed by atoms with Crippen LogP contribution in [0.5, 0.6) is 5.75 Å². The molecule has 0 N–H and O–H groups in total. The minimum atomic E-state index is -5.79. The van der Waals surface area contributed by atoms with E-state index in [2.05, 4.69) is 17.4 Å². The Hall–Kier alpha value is -2.18. The van der Waals surface area contributed by atoms with Crippen LogP contribution in [0.2, 0.25) is 0 Å². The number of rotatable bonds is 2. The molecule has 13 heteroatoms. The minimum absolute atomic E-state index is 1.55. The average molecular weight is 414 g/mol. The molecule has 1 nitrogen and oxygen atoms in total. The van der Waals surface area contributed by atoms with Gasteiger partial charge >= 0.3 is 6.36 Å². The molecule has 0 saturated carbocycles. The molecule has 0 radical (unpaired) electrons. The topological polar surface area (TPSA) is 9.23 Å². The van der Waals surface area contributed by atoms with Gasteiger partial charge in [-0.3, -0.25) is 0 Å². The van der Waals surface area contributed by atoms with Crippen LogP contribution in [-0.2, 0) is 0 Å². The molecule has 26 heavy (non-hydrogen) atoms. The summed E-state index contributed by atoms with van der Waals surface area (Å²) in [5.74, 6) is -23.4. The Morgan fingerprint density at radius 2 is 0.846 bits per heavy atom. The molecule has 0 aliphatic heterocycles. The van der Waals surface area contributed by atoms with Crippen molar-refractivity contribution in [3.8, 4) is 16.9 Å². The summed E-state index contributed by atoms with van der Waals surface area (Å²) in [5.41, 5.74) is -4.56. The van der Waals surface area contributed by atoms with Crippen LogP contribution in [0.15, 0.2) is 4.90 Å². The van der Waals surface area contributed by atoms with Crippen molar-refractivity contribution in [3.05, 3.63) is 46.5 Å². The van der Waals surface area contributed by atoms with Crippen molar-refractivity contribution in [2.24, 2.45) is 0 Å². The van der Waals surface area contributed by atoms with Crippen molar-refractivity contribution < 1.29 is 53.0 Å². The third-order valence-corrected chi connectivity index (χ3v) is 3.32. The van der Waals surface area contributed by atoms with Gasteiger partial charge in [0.1, 0.15) is 0 Å². The van der Waals surface area contributed by atoms with Crippen LogP contribution >= 0.6 is 12.6 Å². The molecule has 0 unspecified atom stereocenters. The zero-order chi connectivity index (χ0) is 20.1. The van der Waals surface area contributed by atoms with Crippen LogP contribution in [0.4, 0.5) is 48.3 Å². The van der Waals surface area contributed by atoms with E-state index in [1.807, 2.05) is 0 Å². The molecule has 2 aromatic rings. The van der Waals surface area contributed by atoms with Gasteiger partial charge in [-0.15, -0.1) is 25.8 Å². The number of halogens is 11. The van der Waals surface area contributed by atoms with E-state index >= 15 is 0 Å². The van der Waals surface area contributed by atoms with Gasteiger partial charge in [0.15, 0.2) is 34.9 Å². The van der Waals surface area contributed by atoms with E-state index in [0.717, 1.165) is 0 Å². The van der Waals surface area contributed by atoms with Gasteiger partial charge in [0.05, 0.1) is 16.0 Å². The molecule has 0 heterocycles. The second kappa shape index (κ2) is 6.52. The maximum atomic E-state index is 13.9. The predicted octanol–water partition coefficient (Wildman–Crippen LogP) is 5.65. The highest BCUT2D eigenvalue weighted by atomic mass is 32.1. The van der Waals surface area contributed by atoms with E-state index in [4.69, 9.17) is 0 Å². The van der Waals surface area contributed by atoms with E-state index in [9.17, 15) is 48.3 Å². The van der Waals surface area contributed by atoms with Gasteiger partial charge in [-0.25, -0.2) is 26.3 Å². The Kier molecular flexibility index (Phi) is 5.05. The summed E-state index contributed by atoms with van der Waals surface area (Å²) < 4.78 is 148. The fraction of sp³-hybridized carbons (Fsp3) is 0.0769. The molecule has 0 atom stereocenters. The highest BCUT2D eigenvalue weighted by molar-refractivity contribution is 7.80. The summed E-state index contributed by atoms with van der Waals surface area (Å²) in [6.45, 7) is 0. The number of hydrogen-bond acceptors (Lipinski definition) is 2. The number of hydrogen-bond donors (Lipinski definition) is 1.